The highest BCUT2D eigenvalue weighted by Gasteiger charge is 2.37. The van der Waals surface area contributed by atoms with Gasteiger partial charge in [0.15, 0.2) is 0 Å². The van der Waals surface area contributed by atoms with Crippen molar-refractivity contribution in [2.75, 3.05) is 33.6 Å². The van der Waals surface area contributed by atoms with Gasteiger partial charge in [-0.25, -0.2) is 8.42 Å². The largest absolute Gasteiger partial charge is 0.377 e. The first-order chi connectivity index (χ1) is 5.99. The fourth-order valence-corrected chi connectivity index (χ4v) is 2.27. The lowest BCUT2D eigenvalue weighted by Gasteiger charge is -2.13. The molecular weight excluding hydrogens is 194 g/mol. The highest BCUT2D eigenvalue weighted by atomic mass is 32.2. The molecule has 1 rings (SSSR count). The van der Waals surface area contributed by atoms with Crippen molar-refractivity contribution in [2.45, 2.75) is 12.2 Å². The minimum atomic E-state index is -3.12. The summed E-state index contributed by atoms with van der Waals surface area (Å²) >= 11 is 0. The van der Waals surface area contributed by atoms with E-state index in [-0.39, 0.29) is 12.2 Å². The summed E-state index contributed by atoms with van der Waals surface area (Å²) in [6.07, 6.45) is 0.886. The van der Waals surface area contributed by atoms with Crippen molar-refractivity contribution in [3.63, 3.8) is 0 Å². The van der Waals surface area contributed by atoms with Gasteiger partial charge in [-0.2, -0.15) is 4.31 Å². The van der Waals surface area contributed by atoms with E-state index in [1.165, 1.54) is 10.6 Å². The zero-order chi connectivity index (χ0) is 10.1. The van der Waals surface area contributed by atoms with Gasteiger partial charge in [-0.1, -0.05) is 0 Å². The Balaban J connectivity index is 2.69. The maximum atomic E-state index is 11.2. The van der Waals surface area contributed by atoms with E-state index < -0.39 is 10.0 Å². The van der Waals surface area contributed by atoms with Gasteiger partial charge >= 0.3 is 0 Å². The minimum Gasteiger partial charge on any atom is -0.377 e. The van der Waals surface area contributed by atoms with Gasteiger partial charge < -0.3 is 9.47 Å². The molecule has 0 aliphatic carbocycles. The predicted molar refractivity (Wildman–Crippen MR) is 48.0 cm³/mol. The SMILES string of the molecule is CO[C@H]1CN(S(C)(=O)=O)C[C@H]1OC. The van der Waals surface area contributed by atoms with Gasteiger partial charge in [0.05, 0.1) is 18.5 Å². The smallest absolute Gasteiger partial charge is 0.211 e. The molecule has 0 aromatic heterocycles. The molecule has 0 saturated carbocycles. The molecule has 1 aliphatic rings. The highest BCUT2D eigenvalue weighted by molar-refractivity contribution is 7.88. The Labute approximate surface area is 78.7 Å². The summed E-state index contributed by atoms with van der Waals surface area (Å²) in [6, 6.07) is 0. The van der Waals surface area contributed by atoms with Crippen molar-refractivity contribution in [3.8, 4) is 0 Å². The summed E-state index contributed by atoms with van der Waals surface area (Å²) in [5.74, 6) is 0. The molecule has 1 aliphatic heterocycles. The van der Waals surface area contributed by atoms with Gasteiger partial charge in [0.1, 0.15) is 0 Å². The van der Waals surface area contributed by atoms with Gasteiger partial charge in [-0.15, -0.1) is 0 Å². The van der Waals surface area contributed by atoms with Crippen LogP contribution in [0, 0.1) is 0 Å². The van der Waals surface area contributed by atoms with Crippen molar-refractivity contribution >= 4 is 10.0 Å². The second kappa shape index (κ2) is 3.91. The molecule has 1 saturated heterocycles. The Morgan fingerprint density at radius 3 is 1.77 bits per heavy atom. The van der Waals surface area contributed by atoms with Gasteiger partial charge in [0, 0.05) is 27.3 Å². The van der Waals surface area contributed by atoms with Crippen LogP contribution in [0.25, 0.3) is 0 Å². The van der Waals surface area contributed by atoms with E-state index in [1.54, 1.807) is 14.2 Å². The first kappa shape index (κ1) is 10.9. The second-order valence-electron chi connectivity index (χ2n) is 3.13. The maximum absolute atomic E-state index is 11.2. The molecule has 5 nitrogen and oxygen atoms in total. The van der Waals surface area contributed by atoms with Crippen LogP contribution in [0.15, 0.2) is 0 Å². The Morgan fingerprint density at radius 1 is 1.15 bits per heavy atom. The number of hydrogen-bond donors (Lipinski definition) is 0. The minimum absolute atomic E-state index is 0.153. The summed E-state index contributed by atoms with van der Waals surface area (Å²) in [4.78, 5) is 0. The third kappa shape index (κ3) is 2.40. The summed E-state index contributed by atoms with van der Waals surface area (Å²) in [7, 11) is 0.000772. The summed E-state index contributed by atoms with van der Waals surface area (Å²) in [5, 5.41) is 0. The van der Waals surface area contributed by atoms with Crippen LogP contribution in [-0.4, -0.2) is 58.5 Å². The zero-order valence-electron chi connectivity index (χ0n) is 8.06. The van der Waals surface area contributed by atoms with Gasteiger partial charge in [0.2, 0.25) is 10.0 Å². The predicted octanol–water partition coefficient (Wildman–Crippen LogP) is -0.708. The molecule has 0 amide bonds. The first-order valence-corrected chi connectivity index (χ1v) is 5.84. The van der Waals surface area contributed by atoms with Crippen LogP contribution in [0.5, 0.6) is 0 Å². The molecule has 78 valence electrons. The quantitative estimate of drug-likeness (QED) is 0.616. The van der Waals surface area contributed by atoms with Crippen LogP contribution in [-0.2, 0) is 19.5 Å². The van der Waals surface area contributed by atoms with Crippen molar-refractivity contribution in [2.24, 2.45) is 0 Å². The first-order valence-electron chi connectivity index (χ1n) is 3.99. The molecule has 0 aromatic carbocycles. The molecule has 1 fully saturated rings. The Morgan fingerprint density at radius 2 is 1.54 bits per heavy atom. The molecular formula is C7H15NO4S. The number of hydrogen-bond acceptors (Lipinski definition) is 4. The number of sulfonamides is 1. The molecule has 0 radical (unpaired) electrons. The molecule has 0 aromatic rings. The van der Waals surface area contributed by atoms with E-state index in [0.29, 0.717) is 13.1 Å². The molecule has 13 heavy (non-hydrogen) atoms. The summed E-state index contributed by atoms with van der Waals surface area (Å²) in [6.45, 7) is 0.766. The summed E-state index contributed by atoms with van der Waals surface area (Å²) < 4.78 is 33.9. The molecule has 1 heterocycles. The third-order valence-corrected chi connectivity index (χ3v) is 3.49. The Bertz CT molecular complexity index is 252. The number of methoxy groups -OCH3 is 2. The fourth-order valence-electron chi connectivity index (χ4n) is 1.43. The molecule has 0 N–H and O–H groups in total. The average Bonchev–Trinajstić information content (AvgIpc) is 2.45. The van der Waals surface area contributed by atoms with Crippen LogP contribution >= 0.6 is 0 Å². The van der Waals surface area contributed by atoms with Gasteiger partial charge in [-0.05, 0) is 0 Å². The monoisotopic (exact) mass is 209 g/mol. The van der Waals surface area contributed by atoms with Crippen LogP contribution in [0.3, 0.4) is 0 Å². The van der Waals surface area contributed by atoms with E-state index >= 15 is 0 Å². The van der Waals surface area contributed by atoms with Crippen molar-refractivity contribution in [3.05, 3.63) is 0 Å². The molecule has 2 atom stereocenters. The molecule has 0 bridgehead atoms. The summed E-state index contributed by atoms with van der Waals surface area (Å²) in [5.41, 5.74) is 0. The molecule has 0 spiro atoms. The lowest BCUT2D eigenvalue weighted by Crippen LogP contribution is -2.28. The lowest BCUT2D eigenvalue weighted by molar-refractivity contribution is -0.00461. The van der Waals surface area contributed by atoms with Gasteiger partial charge in [-0.3, -0.25) is 0 Å². The van der Waals surface area contributed by atoms with Crippen molar-refractivity contribution < 1.29 is 17.9 Å². The van der Waals surface area contributed by atoms with Crippen molar-refractivity contribution in [1.82, 2.24) is 4.31 Å². The average molecular weight is 209 g/mol. The zero-order valence-corrected chi connectivity index (χ0v) is 8.87. The maximum Gasteiger partial charge on any atom is 0.211 e. The fraction of sp³-hybridized carbons (Fsp3) is 1.00. The lowest BCUT2D eigenvalue weighted by atomic mass is 10.3. The van der Waals surface area contributed by atoms with Crippen molar-refractivity contribution in [1.29, 1.82) is 0 Å². The number of rotatable bonds is 3. The third-order valence-electron chi connectivity index (χ3n) is 2.26. The van der Waals surface area contributed by atoms with E-state index in [1.807, 2.05) is 0 Å². The van der Waals surface area contributed by atoms with Crippen LogP contribution in [0.1, 0.15) is 0 Å². The molecule has 0 unspecified atom stereocenters. The topological polar surface area (TPSA) is 55.8 Å². The van der Waals surface area contributed by atoms with E-state index in [0.717, 1.165) is 0 Å². The van der Waals surface area contributed by atoms with E-state index in [2.05, 4.69) is 0 Å². The van der Waals surface area contributed by atoms with Crippen LogP contribution in [0.4, 0.5) is 0 Å². The highest BCUT2D eigenvalue weighted by Crippen LogP contribution is 2.17. The van der Waals surface area contributed by atoms with E-state index in [9.17, 15) is 8.42 Å². The van der Waals surface area contributed by atoms with Gasteiger partial charge in [0.25, 0.3) is 0 Å². The van der Waals surface area contributed by atoms with Crippen LogP contribution in [0.2, 0.25) is 0 Å². The van der Waals surface area contributed by atoms with Crippen LogP contribution < -0.4 is 0 Å². The Kier molecular flexibility index (Phi) is 3.28. The second-order valence-corrected chi connectivity index (χ2v) is 5.11. The number of nitrogens with zero attached hydrogens (tertiary/aromatic N) is 1. The molecule has 6 heteroatoms. The Hall–Kier alpha value is -0.170. The number of ether oxygens (including phenoxy) is 2. The standard InChI is InChI=1S/C7H15NO4S/c1-11-6-4-8(13(3,9)10)5-7(6)12-2/h6-7H,4-5H2,1-3H3/t6-,7+. The van der Waals surface area contributed by atoms with E-state index in [4.69, 9.17) is 9.47 Å². The normalized spacial score (nSPS) is 31.0.